The highest BCUT2D eigenvalue weighted by atomic mass is 16.3. The smallest absolute Gasteiger partial charge is 0.0754 e. The summed E-state index contributed by atoms with van der Waals surface area (Å²) in [6.45, 7) is 0. The van der Waals surface area contributed by atoms with Crippen molar-refractivity contribution in [2.45, 2.75) is 25.4 Å². The van der Waals surface area contributed by atoms with Crippen molar-refractivity contribution in [3.8, 4) is 0 Å². The number of aliphatic hydroxyl groups excluding tert-OH is 1. The highest BCUT2D eigenvalue weighted by Gasteiger charge is 2.33. The minimum atomic E-state index is -0.113. The van der Waals surface area contributed by atoms with E-state index in [0.717, 1.165) is 5.92 Å². The first-order chi connectivity index (χ1) is 4.38. The maximum Gasteiger partial charge on any atom is 0.0754 e. The molecule has 1 nitrogen and oxygen atoms in total. The van der Waals surface area contributed by atoms with E-state index in [0.29, 0.717) is 5.92 Å². The van der Waals surface area contributed by atoms with Crippen molar-refractivity contribution in [2.75, 3.05) is 0 Å². The first-order valence-corrected chi connectivity index (χ1v) is 3.74. The Morgan fingerprint density at radius 2 is 2.11 bits per heavy atom. The summed E-state index contributed by atoms with van der Waals surface area (Å²) in [6.07, 6.45) is 7.88. The van der Waals surface area contributed by atoms with E-state index >= 15 is 0 Å². The molecule has 2 rings (SSSR count). The first-order valence-electron chi connectivity index (χ1n) is 3.74. The van der Waals surface area contributed by atoms with Gasteiger partial charge in [-0.2, -0.15) is 0 Å². The Hall–Kier alpha value is -0.300. The zero-order valence-electron chi connectivity index (χ0n) is 5.46. The van der Waals surface area contributed by atoms with Crippen molar-refractivity contribution in [3.63, 3.8) is 0 Å². The normalized spacial score (nSPS) is 47.9. The van der Waals surface area contributed by atoms with Gasteiger partial charge in [-0.1, -0.05) is 18.6 Å². The molecule has 0 aromatic heterocycles. The standard InChI is InChI=1S/C8H12O/c9-8-5-4-6-2-1-3-7(6)8/h4-9H,1-3H2. The predicted molar refractivity (Wildman–Crippen MR) is 36.0 cm³/mol. The average molecular weight is 124 g/mol. The molecule has 0 saturated heterocycles. The van der Waals surface area contributed by atoms with Gasteiger partial charge >= 0.3 is 0 Å². The van der Waals surface area contributed by atoms with Crippen LogP contribution in [0, 0.1) is 11.8 Å². The van der Waals surface area contributed by atoms with Crippen LogP contribution >= 0.6 is 0 Å². The van der Waals surface area contributed by atoms with Gasteiger partial charge in [-0.05, 0) is 24.7 Å². The molecule has 9 heavy (non-hydrogen) atoms. The predicted octanol–water partition coefficient (Wildman–Crippen LogP) is 1.33. The van der Waals surface area contributed by atoms with Gasteiger partial charge in [0.05, 0.1) is 6.10 Å². The van der Waals surface area contributed by atoms with E-state index in [-0.39, 0.29) is 6.10 Å². The minimum Gasteiger partial charge on any atom is -0.389 e. The van der Waals surface area contributed by atoms with Crippen LogP contribution in [-0.4, -0.2) is 11.2 Å². The maximum absolute atomic E-state index is 9.31. The average Bonchev–Trinajstić information content (AvgIpc) is 2.35. The molecular formula is C8H12O. The monoisotopic (exact) mass is 124 g/mol. The molecule has 0 amide bonds. The first kappa shape index (κ1) is 5.48. The molecule has 3 atom stereocenters. The van der Waals surface area contributed by atoms with Crippen LogP contribution in [0.5, 0.6) is 0 Å². The summed E-state index contributed by atoms with van der Waals surface area (Å²) in [6, 6.07) is 0. The van der Waals surface area contributed by atoms with E-state index in [1.165, 1.54) is 19.3 Å². The molecule has 2 aliphatic rings. The quantitative estimate of drug-likeness (QED) is 0.483. The van der Waals surface area contributed by atoms with Gasteiger partial charge in [0, 0.05) is 0 Å². The Morgan fingerprint density at radius 3 is 2.89 bits per heavy atom. The van der Waals surface area contributed by atoms with Crippen LogP contribution < -0.4 is 0 Å². The molecule has 1 N–H and O–H groups in total. The highest BCUT2D eigenvalue weighted by Crippen LogP contribution is 2.39. The molecule has 0 aromatic rings. The zero-order chi connectivity index (χ0) is 6.27. The van der Waals surface area contributed by atoms with Crippen molar-refractivity contribution in [1.29, 1.82) is 0 Å². The number of rotatable bonds is 0. The van der Waals surface area contributed by atoms with Gasteiger partial charge in [0.15, 0.2) is 0 Å². The van der Waals surface area contributed by atoms with Crippen LogP contribution in [0.1, 0.15) is 19.3 Å². The number of hydrogen-bond acceptors (Lipinski definition) is 1. The maximum atomic E-state index is 9.31. The SMILES string of the molecule is OC1C=CC2CCCC12. The lowest BCUT2D eigenvalue weighted by Gasteiger charge is -2.11. The van der Waals surface area contributed by atoms with Crippen molar-refractivity contribution in [3.05, 3.63) is 12.2 Å². The number of allylic oxidation sites excluding steroid dienone is 1. The third kappa shape index (κ3) is 0.715. The second kappa shape index (κ2) is 1.84. The Labute approximate surface area is 55.4 Å². The lowest BCUT2D eigenvalue weighted by molar-refractivity contribution is 0.154. The van der Waals surface area contributed by atoms with Crippen LogP contribution in [0.25, 0.3) is 0 Å². The van der Waals surface area contributed by atoms with E-state index in [4.69, 9.17) is 0 Å². The Bertz CT molecular complexity index is 140. The fourth-order valence-electron chi connectivity index (χ4n) is 2.08. The summed E-state index contributed by atoms with van der Waals surface area (Å²) < 4.78 is 0. The number of hydrogen-bond donors (Lipinski definition) is 1. The molecule has 0 heterocycles. The van der Waals surface area contributed by atoms with Crippen molar-refractivity contribution in [2.24, 2.45) is 11.8 Å². The van der Waals surface area contributed by atoms with Gasteiger partial charge in [-0.15, -0.1) is 0 Å². The summed E-state index contributed by atoms with van der Waals surface area (Å²) >= 11 is 0. The van der Waals surface area contributed by atoms with Crippen LogP contribution in [0.15, 0.2) is 12.2 Å². The number of fused-ring (bicyclic) bond motifs is 1. The Balaban J connectivity index is 2.15. The molecule has 0 bridgehead atoms. The van der Waals surface area contributed by atoms with Crippen LogP contribution in [0.3, 0.4) is 0 Å². The second-order valence-electron chi connectivity index (χ2n) is 3.13. The lowest BCUT2D eigenvalue weighted by Crippen LogP contribution is -2.14. The third-order valence-corrected chi connectivity index (χ3v) is 2.62. The third-order valence-electron chi connectivity index (χ3n) is 2.62. The van der Waals surface area contributed by atoms with Crippen LogP contribution in [0.4, 0.5) is 0 Å². The topological polar surface area (TPSA) is 20.2 Å². The molecule has 0 radical (unpaired) electrons. The molecule has 0 aromatic carbocycles. The molecule has 3 unspecified atom stereocenters. The summed E-state index contributed by atoms with van der Waals surface area (Å²) in [5, 5.41) is 9.31. The fourth-order valence-corrected chi connectivity index (χ4v) is 2.08. The highest BCUT2D eigenvalue weighted by molar-refractivity contribution is 5.09. The van der Waals surface area contributed by atoms with Gasteiger partial charge in [0.2, 0.25) is 0 Å². The summed E-state index contributed by atoms with van der Waals surface area (Å²) in [7, 11) is 0. The zero-order valence-corrected chi connectivity index (χ0v) is 5.46. The summed E-state index contributed by atoms with van der Waals surface area (Å²) in [4.78, 5) is 0. The molecule has 0 aliphatic heterocycles. The summed E-state index contributed by atoms with van der Waals surface area (Å²) in [5.74, 6) is 1.31. The lowest BCUT2D eigenvalue weighted by atomic mass is 9.98. The largest absolute Gasteiger partial charge is 0.389 e. The molecule has 0 spiro atoms. The van der Waals surface area contributed by atoms with E-state index < -0.39 is 0 Å². The molecule has 2 aliphatic carbocycles. The van der Waals surface area contributed by atoms with Crippen LogP contribution in [-0.2, 0) is 0 Å². The Kier molecular flexibility index (Phi) is 1.12. The molecule has 50 valence electrons. The summed E-state index contributed by atoms with van der Waals surface area (Å²) in [5.41, 5.74) is 0. The van der Waals surface area contributed by atoms with Crippen LogP contribution in [0.2, 0.25) is 0 Å². The van der Waals surface area contributed by atoms with E-state index in [2.05, 4.69) is 6.08 Å². The fraction of sp³-hybridized carbons (Fsp3) is 0.750. The van der Waals surface area contributed by atoms with Crippen molar-refractivity contribution >= 4 is 0 Å². The van der Waals surface area contributed by atoms with Gasteiger partial charge in [-0.25, -0.2) is 0 Å². The second-order valence-corrected chi connectivity index (χ2v) is 3.13. The molecular weight excluding hydrogens is 112 g/mol. The molecule has 1 fully saturated rings. The van der Waals surface area contributed by atoms with Gasteiger partial charge in [-0.3, -0.25) is 0 Å². The van der Waals surface area contributed by atoms with Crippen molar-refractivity contribution in [1.82, 2.24) is 0 Å². The molecule has 1 saturated carbocycles. The van der Waals surface area contributed by atoms with Gasteiger partial charge in [0.1, 0.15) is 0 Å². The minimum absolute atomic E-state index is 0.113. The Morgan fingerprint density at radius 1 is 1.22 bits per heavy atom. The van der Waals surface area contributed by atoms with E-state index in [1.807, 2.05) is 6.08 Å². The van der Waals surface area contributed by atoms with E-state index in [9.17, 15) is 5.11 Å². The van der Waals surface area contributed by atoms with E-state index in [1.54, 1.807) is 0 Å². The van der Waals surface area contributed by atoms with Crippen molar-refractivity contribution < 1.29 is 5.11 Å². The van der Waals surface area contributed by atoms with Gasteiger partial charge < -0.3 is 5.11 Å². The number of aliphatic hydroxyl groups is 1. The molecule has 1 heteroatoms. The van der Waals surface area contributed by atoms with Gasteiger partial charge in [0.25, 0.3) is 0 Å².